The first-order valence-electron chi connectivity index (χ1n) is 17.1. The van der Waals surface area contributed by atoms with Gasteiger partial charge in [-0.15, -0.1) is 0 Å². The van der Waals surface area contributed by atoms with Crippen LogP contribution in [0, 0.1) is 5.92 Å². The lowest BCUT2D eigenvalue weighted by Gasteiger charge is -2.57. The first-order chi connectivity index (χ1) is 22.2. The summed E-state index contributed by atoms with van der Waals surface area (Å²) >= 11 is 0. The maximum absolute atomic E-state index is 14.6. The van der Waals surface area contributed by atoms with E-state index in [4.69, 9.17) is 4.74 Å². The Hall–Kier alpha value is -3.37. The number of likely N-dealkylation sites (N-methyl/N-ethyl adjacent to an activating group) is 1. The van der Waals surface area contributed by atoms with Gasteiger partial charge in [0.05, 0.1) is 29.9 Å². The van der Waals surface area contributed by atoms with Crippen molar-refractivity contribution in [2.75, 3.05) is 33.0 Å². The summed E-state index contributed by atoms with van der Waals surface area (Å²) in [5.41, 5.74) is 6.66. The normalized spacial score (nSPS) is 27.5. The smallest absolute Gasteiger partial charge is 0.265 e. The zero-order valence-corrected chi connectivity index (χ0v) is 27.9. The quantitative estimate of drug-likeness (QED) is 0.467. The second kappa shape index (κ2) is 11.1. The molecule has 2 bridgehead atoms. The summed E-state index contributed by atoms with van der Waals surface area (Å²) < 4.78 is 35.9. The molecule has 2 amide bonds. The topological polar surface area (TPSA) is 101 Å². The van der Waals surface area contributed by atoms with E-state index in [1.165, 1.54) is 24.8 Å². The van der Waals surface area contributed by atoms with E-state index in [0.717, 1.165) is 71.4 Å². The number of nitrogens with one attached hydrogen (secondary N) is 1. The number of likely N-dealkylation sites (tertiary alicyclic amines) is 2. The third-order valence-corrected chi connectivity index (χ3v) is 12.8. The van der Waals surface area contributed by atoms with Crippen LogP contribution in [0.3, 0.4) is 0 Å². The van der Waals surface area contributed by atoms with Crippen LogP contribution in [0.4, 0.5) is 0 Å². The van der Waals surface area contributed by atoms with E-state index in [2.05, 4.69) is 56.5 Å². The highest BCUT2D eigenvalue weighted by Crippen LogP contribution is 2.55. The van der Waals surface area contributed by atoms with Crippen LogP contribution in [0.5, 0.6) is 5.75 Å². The number of ether oxygens (including phenoxy) is 1. The molecule has 244 valence electrons. The van der Waals surface area contributed by atoms with Crippen molar-refractivity contribution in [2.24, 2.45) is 5.92 Å². The Morgan fingerprint density at radius 1 is 1.09 bits per heavy atom. The monoisotopic (exact) mass is 644 g/mol. The summed E-state index contributed by atoms with van der Waals surface area (Å²) in [5, 5.41) is 1.05. The van der Waals surface area contributed by atoms with E-state index in [1.807, 2.05) is 0 Å². The minimum Gasteiger partial charge on any atom is -0.496 e. The fraction of sp³-hybridized carbons (Fsp3) is 0.556. The molecule has 10 heteroatoms. The molecular weight excluding hydrogens is 600 g/mol. The molecule has 4 atom stereocenters. The predicted octanol–water partition coefficient (Wildman–Crippen LogP) is 4.75. The number of piperidine rings is 1. The van der Waals surface area contributed by atoms with Gasteiger partial charge in [0.2, 0.25) is 15.9 Å². The maximum atomic E-state index is 14.6. The highest BCUT2D eigenvalue weighted by Gasteiger charge is 2.52. The van der Waals surface area contributed by atoms with Crippen LogP contribution in [-0.2, 0) is 26.2 Å². The molecule has 6 aliphatic rings. The second-order valence-electron chi connectivity index (χ2n) is 14.3. The number of piperazine rings is 1. The van der Waals surface area contributed by atoms with Crippen molar-refractivity contribution in [3.63, 3.8) is 0 Å². The maximum Gasteiger partial charge on any atom is 0.265 e. The van der Waals surface area contributed by atoms with Gasteiger partial charge in [0.1, 0.15) is 5.75 Å². The zero-order chi connectivity index (χ0) is 31.9. The van der Waals surface area contributed by atoms with Crippen LogP contribution in [-0.4, -0.2) is 79.7 Å². The van der Waals surface area contributed by atoms with Crippen molar-refractivity contribution in [1.29, 1.82) is 0 Å². The Balaban J connectivity index is 1.29. The molecule has 2 aromatic rings. The Kier molecular flexibility index (Phi) is 7.25. The van der Waals surface area contributed by atoms with Crippen LogP contribution in [0.25, 0.3) is 10.9 Å². The van der Waals surface area contributed by atoms with Gasteiger partial charge in [-0.3, -0.25) is 9.59 Å². The molecule has 1 aromatic carbocycles. The Morgan fingerprint density at radius 3 is 2.57 bits per heavy atom. The molecular formula is C36H44N4O5S. The van der Waals surface area contributed by atoms with Crippen LogP contribution >= 0.6 is 0 Å². The number of nitrogens with zero attached hydrogens (tertiary/aromatic N) is 3. The number of hydrogen-bond acceptors (Lipinski definition) is 6. The lowest BCUT2D eigenvalue weighted by atomic mass is 9.74. The highest BCUT2D eigenvalue weighted by molar-refractivity contribution is 7.90. The summed E-state index contributed by atoms with van der Waals surface area (Å²) in [4.78, 5) is 32.6. The van der Waals surface area contributed by atoms with Crippen LogP contribution in [0.15, 0.2) is 52.6 Å². The summed E-state index contributed by atoms with van der Waals surface area (Å²) in [6.45, 7) is 4.04. The number of fused-ring (bicyclic) bond motifs is 8. The van der Waals surface area contributed by atoms with Crippen molar-refractivity contribution in [3.8, 4) is 5.75 Å². The van der Waals surface area contributed by atoms with Crippen LogP contribution in [0.2, 0.25) is 0 Å². The molecule has 4 heterocycles. The predicted molar refractivity (Wildman–Crippen MR) is 177 cm³/mol. The van der Waals surface area contributed by atoms with E-state index >= 15 is 0 Å². The van der Waals surface area contributed by atoms with Crippen molar-refractivity contribution >= 4 is 32.7 Å². The minimum atomic E-state index is -3.74. The van der Waals surface area contributed by atoms with E-state index in [0.29, 0.717) is 30.9 Å². The molecule has 3 aliphatic heterocycles. The SMILES string of the molecule is CCCS(=O)(=O)NC(=O)C1=C2Cn3c(cc4c(OC)ccc(C5CCCCC5)c43)C3C(=C21)C=CC[C@H]3C(=O)N1C2CC1CN(C)C2. The Labute approximate surface area is 271 Å². The first kappa shape index (κ1) is 30.0. The lowest BCUT2D eigenvalue weighted by molar-refractivity contribution is -0.158. The molecule has 46 heavy (non-hydrogen) atoms. The standard InChI is InChI=1S/C36H44N4O5S/c1-4-15-46(43,44)37-35(41)33-28-20-39-29(17-27-30(45-3)14-13-24(34(27)39)21-9-6-5-7-10-21)31-25(32(28)33)11-8-12-26(31)36(42)40-22-16-23(40)19-38(2)18-22/h8,11,13-14,17,21-23,26,31H,4-7,9-10,12,15-16,18-20H2,1-3H3,(H,37,41)/t22?,23?,26-,31?/m1/s1. The number of methoxy groups -OCH3 is 1. The number of aromatic nitrogens is 1. The van der Waals surface area contributed by atoms with Crippen molar-refractivity contribution in [1.82, 2.24) is 19.1 Å². The molecule has 8 rings (SSSR count). The van der Waals surface area contributed by atoms with Gasteiger partial charge in [-0.1, -0.05) is 44.4 Å². The molecule has 0 radical (unpaired) electrons. The molecule has 0 spiro atoms. The number of hydrogen-bond donors (Lipinski definition) is 1. The number of allylic oxidation sites excluding steroid dienone is 4. The average Bonchev–Trinajstić information content (AvgIpc) is 3.66. The second-order valence-corrected chi connectivity index (χ2v) is 16.1. The third-order valence-electron chi connectivity index (χ3n) is 11.4. The molecule has 3 aliphatic carbocycles. The summed E-state index contributed by atoms with van der Waals surface area (Å²) in [6.07, 6.45) is 12.2. The summed E-state index contributed by atoms with van der Waals surface area (Å²) in [5.74, 6) is 0.225. The third kappa shape index (κ3) is 4.69. The van der Waals surface area contributed by atoms with E-state index in [9.17, 15) is 18.0 Å². The average molecular weight is 645 g/mol. The van der Waals surface area contributed by atoms with Crippen LogP contribution in [0.1, 0.15) is 81.4 Å². The summed E-state index contributed by atoms with van der Waals surface area (Å²) in [7, 11) is 0.0953. The molecule has 1 N–H and O–H groups in total. The number of benzene rings is 1. The number of carbonyl (C=O) groups is 2. The van der Waals surface area contributed by atoms with Crippen molar-refractivity contribution in [3.05, 3.63) is 63.9 Å². The molecule has 3 unspecified atom stereocenters. The van der Waals surface area contributed by atoms with Crippen molar-refractivity contribution < 1.29 is 22.7 Å². The van der Waals surface area contributed by atoms with Gasteiger partial charge in [0.15, 0.2) is 0 Å². The summed E-state index contributed by atoms with van der Waals surface area (Å²) in [6, 6.07) is 7.04. The Morgan fingerprint density at radius 2 is 1.85 bits per heavy atom. The van der Waals surface area contributed by atoms with Gasteiger partial charge in [0, 0.05) is 48.7 Å². The molecule has 1 saturated carbocycles. The number of amides is 2. The van der Waals surface area contributed by atoms with E-state index in [-0.39, 0.29) is 35.6 Å². The highest BCUT2D eigenvalue weighted by atomic mass is 32.2. The molecule has 9 nitrogen and oxygen atoms in total. The zero-order valence-electron chi connectivity index (χ0n) is 27.0. The number of carbonyl (C=O) groups excluding carboxylic acids is 2. The first-order valence-corrected chi connectivity index (χ1v) is 18.8. The fourth-order valence-corrected chi connectivity index (χ4v) is 10.4. The minimum absolute atomic E-state index is 0.101. The Bertz CT molecular complexity index is 1830. The lowest BCUT2D eigenvalue weighted by Crippen LogP contribution is -2.70. The van der Waals surface area contributed by atoms with Gasteiger partial charge >= 0.3 is 0 Å². The number of rotatable bonds is 7. The fourth-order valence-electron chi connectivity index (χ4n) is 9.39. The van der Waals surface area contributed by atoms with Gasteiger partial charge < -0.3 is 19.1 Å². The van der Waals surface area contributed by atoms with Gasteiger partial charge in [-0.25, -0.2) is 13.1 Å². The number of sulfonamides is 1. The van der Waals surface area contributed by atoms with Gasteiger partial charge in [0.25, 0.3) is 5.91 Å². The molecule has 3 fully saturated rings. The van der Waals surface area contributed by atoms with E-state index in [1.54, 1.807) is 14.0 Å². The van der Waals surface area contributed by atoms with Gasteiger partial charge in [-0.2, -0.15) is 0 Å². The van der Waals surface area contributed by atoms with Crippen LogP contribution < -0.4 is 9.46 Å². The largest absolute Gasteiger partial charge is 0.496 e. The van der Waals surface area contributed by atoms with Crippen molar-refractivity contribution in [2.45, 2.75) is 88.8 Å². The van der Waals surface area contributed by atoms with E-state index < -0.39 is 15.9 Å². The van der Waals surface area contributed by atoms with Gasteiger partial charge in [-0.05, 0) is 79.5 Å². The molecule has 1 aromatic heterocycles. The molecule has 2 saturated heterocycles.